The van der Waals surface area contributed by atoms with Crippen LogP contribution < -0.4 is 10.6 Å². The minimum atomic E-state index is 0.356. The summed E-state index contributed by atoms with van der Waals surface area (Å²) < 4.78 is 0. The molecule has 0 aliphatic rings. The lowest BCUT2D eigenvalue weighted by Gasteiger charge is -2.23. The quantitative estimate of drug-likeness (QED) is 0.771. The van der Waals surface area contributed by atoms with Gasteiger partial charge in [-0.05, 0) is 25.0 Å². The Labute approximate surface area is 103 Å². The van der Waals surface area contributed by atoms with Crippen molar-refractivity contribution in [1.29, 1.82) is 0 Å². The average molecular weight is 237 g/mol. The van der Waals surface area contributed by atoms with Gasteiger partial charge in [-0.15, -0.1) is 0 Å². The average Bonchev–Trinajstić information content (AvgIpc) is 2.29. The number of hydrogen-bond acceptors (Lipinski definition) is 3. The van der Waals surface area contributed by atoms with Crippen LogP contribution in [0.15, 0.2) is 18.3 Å². The van der Waals surface area contributed by atoms with E-state index in [2.05, 4.69) is 23.7 Å². The Morgan fingerprint density at radius 2 is 2.00 bits per heavy atom. The van der Waals surface area contributed by atoms with E-state index in [1.54, 1.807) is 6.20 Å². The summed E-state index contributed by atoms with van der Waals surface area (Å²) in [5.74, 6) is 0. The highest BCUT2D eigenvalue weighted by Crippen LogP contribution is 2.15. The molecular weight excluding hydrogens is 218 g/mol. The normalized spacial score (nSPS) is 10.1. The monoisotopic (exact) mass is 237 g/mol. The zero-order chi connectivity index (χ0) is 12.0. The summed E-state index contributed by atoms with van der Waals surface area (Å²) in [5.41, 5.74) is 7.43. The SMILES string of the molecule is CCCN(CCC)c1ccnc(C(N)=S)c1. The third-order valence-electron chi connectivity index (χ3n) is 2.35. The van der Waals surface area contributed by atoms with Gasteiger partial charge in [-0.25, -0.2) is 0 Å². The van der Waals surface area contributed by atoms with E-state index in [0.717, 1.165) is 31.6 Å². The summed E-state index contributed by atoms with van der Waals surface area (Å²) in [4.78, 5) is 6.84. The van der Waals surface area contributed by atoms with Gasteiger partial charge in [0.05, 0.1) is 5.69 Å². The van der Waals surface area contributed by atoms with Crippen molar-refractivity contribution in [3.63, 3.8) is 0 Å². The van der Waals surface area contributed by atoms with Crippen molar-refractivity contribution in [1.82, 2.24) is 4.98 Å². The van der Waals surface area contributed by atoms with E-state index in [0.29, 0.717) is 10.7 Å². The predicted octanol–water partition coefficient (Wildman–Crippen LogP) is 2.34. The van der Waals surface area contributed by atoms with Crippen LogP contribution in [0.25, 0.3) is 0 Å². The largest absolute Gasteiger partial charge is 0.388 e. The first kappa shape index (κ1) is 12.9. The molecule has 0 unspecified atom stereocenters. The summed E-state index contributed by atoms with van der Waals surface area (Å²) in [6.07, 6.45) is 4.03. The lowest BCUT2D eigenvalue weighted by atomic mass is 10.2. The molecule has 0 saturated carbocycles. The summed E-state index contributed by atoms with van der Waals surface area (Å²) in [7, 11) is 0. The fourth-order valence-electron chi connectivity index (χ4n) is 1.66. The van der Waals surface area contributed by atoms with Gasteiger partial charge < -0.3 is 10.6 Å². The Kier molecular flexibility index (Phi) is 5.19. The molecule has 0 saturated heterocycles. The zero-order valence-corrected chi connectivity index (χ0v) is 10.8. The van der Waals surface area contributed by atoms with Gasteiger partial charge in [0.15, 0.2) is 0 Å². The molecule has 0 aliphatic heterocycles. The van der Waals surface area contributed by atoms with E-state index in [-0.39, 0.29) is 0 Å². The van der Waals surface area contributed by atoms with Crippen molar-refractivity contribution in [3.05, 3.63) is 24.0 Å². The highest BCUT2D eigenvalue weighted by Gasteiger charge is 2.06. The van der Waals surface area contributed by atoms with Gasteiger partial charge >= 0.3 is 0 Å². The zero-order valence-electron chi connectivity index (χ0n) is 9.94. The molecule has 0 bridgehead atoms. The van der Waals surface area contributed by atoms with Crippen LogP contribution in [0, 0.1) is 0 Å². The maximum absolute atomic E-state index is 5.58. The Bertz CT molecular complexity index is 346. The van der Waals surface area contributed by atoms with Crippen molar-refractivity contribution >= 4 is 22.9 Å². The lowest BCUT2D eigenvalue weighted by Crippen LogP contribution is -2.25. The van der Waals surface area contributed by atoms with E-state index < -0.39 is 0 Å². The van der Waals surface area contributed by atoms with Crippen LogP contribution in [0.1, 0.15) is 32.4 Å². The molecule has 0 atom stereocenters. The highest BCUT2D eigenvalue weighted by atomic mass is 32.1. The number of thiocarbonyl (C=S) groups is 1. The van der Waals surface area contributed by atoms with Crippen LogP contribution in [0.5, 0.6) is 0 Å². The molecule has 1 heterocycles. The van der Waals surface area contributed by atoms with Gasteiger partial charge in [-0.2, -0.15) is 0 Å². The van der Waals surface area contributed by atoms with Crippen LogP contribution in [0.3, 0.4) is 0 Å². The van der Waals surface area contributed by atoms with E-state index in [1.807, 2.05) is 12.1 Å². The number of rotatable bonds is 6. The maximum atomic E-state index is 5.58. The van der Waals surface area contributed by atoms with Gasteiger partial charge in [-0.1, -0.05) is 26.1 Å². The first-order chi connectivity index (χ1) is 7.69. The van der Waals surface area contributed by atoms with Gasteiger partial charge in [0.1, 0.15) is 4.99 Å². The van der Waals surface area contributed by atoms with Gasteiger partial charge in [0.2, 0.25) is 0 Å². The third-order valence-corrected chi connectivity index (χ3v) is 2.56. The molecule has 0 aromatic carbocycles. The minimum absolute atomic E-state index is 0.356. The molecule has 1 aromatic heterocycles. The van der Waals surface area contributed by atoms with Crippen molar-refractivity contribution in [2.24, 2.45) is 5.73 Å². The molecule has 16 heavy (non-hydrogen) atoms. The summed E-state index contributed by atoms with van der Waals surface area (Å²) in [6.45, 7) is 6.46. The molecule has 0 radical (unpaired) electrons. The molecule has 0 aliphatic carbocycles. The first-order valence-corrected chi connectivity index (χ1v) is 6.10. The summed E-state index contributed by atoms with van der Waals surface area (Å²) in [5, 5.41) is 0. The molecule has 0 fully saturated rings. The van der Waals surface area contributed by atoms with Crippen LogP contribution in [0.4, 0.5) is 5.69 Å². The van der Waals surface area contributed by atoms with E-state index >= 15 is 0 Å². The fourth-order valence-corrected chi connectivity index (χ4v) is 1.77. The predicted molar refractivity (Wildman–Crippen MR) is 72.9 cm³/mol. The Morgan fingerprint density at radius 3 is 2.50 bits per heavy atom. The number of anilines is 1. The van der Waals surface area contributed by atoms with Crippen molar-refractivity contribution in [2.45, 2.75) is 26.7 Å². The maximum Gasteiger partial charge on any atom is 0.122 e. The minimum Gasteiger partial charge on any atom is -0.388 e. The number of hydrogen-bond donors (Lipinski definition) is 1. The van der Waals surface area contributed by atoms with Crippen molar-refractivity contribution in [3.8, 4) is 0 Å². The number of pyridine rings is 1. The molecule has 1 rings (SSSR count). The molecule has 88 valence electrons. The van der Waals surface area contributed by atoms with Crippen molar-refractivity contribution in [2.75, 3.05) is 18.0 Å². The van der Waals surface area contributed by atoms with Crippen LogP contribution in [-0.4, -0.2) is 23.1 Å². The number of nitrogens with zero attached hydrogens (tertiary/aromatic N) is 2. The second-order valence-electron chi connectivity index (χ2n) is 3.75. The Morgan fingerprint density at radius 1 is 1.38 bits per heavy atom. The van der Waals surface area contributed by atoms with Gasteiger partial charge in [-0.3, -0.25) is 4.98 Å². The summed E-state index contributed by atoms with van der Waals surface area (Å²) in [6, 6.07) is 3.97. The third kappa shape index (κ3) is 3.45. The standard InChI is InChI=1S/C12H19N3S/c1-3-7-15(8-4-2)10-5-6-14-11(9-10)12(13)16/h5-6,9H,3-4,7-8H2,1-2H3,(H2,13,16). The second kappa shape index (κ2) is 6.43. The van der Waals surface area contributed by atoms with Crippen LogP contribution >= 0.6 is 12.2 Å². The number of aromatic nitrogens is 1. The lowest BCUT2D eigenvalue weighted by molar-refractivity contribution is 0.744. The highest BCUT2D eigenvalue weighted by molar-refractivity contribution is 7.80. The van der Waals surface area contributed by atoms with Crippen LogP contribution in [0.2, 0.25) is 0 Å². The van der Waals surface area contributed by atoms with Crippen LogP contribution in [-0.2, 0) is 0 Å². The molecule has 4 heteroatoms. The molecule has 1 aromatic rings. The van der Waals surface area contributed by atoms with E-state index in [9.17, 15) is 0 Å². The topological polar surface area (TPSA) is 42.2 Å². The molecule has 0 amide bonds. The smallest absolute Gasteiger partial charge is 0.122 e. The number of nitrogens with two attached hydrogens (primary N) is 1. The molecule has 2 N–H and O–H groups in total. The van der Waals surface area contributed by atoms with Gasteiger partial charge in [0.25, 0.3) is 0 Å². The summed E-state index contributed by atoms with van der Waals surface area (Å²) >= 11 is 4.93. The van der Waals surface area contributed by atoms with Crippen molar-refractivity contribution < 1.29 is 0 Å². The van der Waals surface area contributed by atoms with E-state index in [1.165, 1.54) is 0 Å². The Hall–Kier alpha value is -1.16. The molecule has 3 nitrogen and oxygen atoms in total. The first-order valence-electron chi connectivity index (χ1n) is 5.69. The molecular formula is C12H19N3S. The molecule has 0 spiro atoms. The van der Waals surface area contributed by atoms with E-state index in [4.69, 9.17) is 18.0 Å². The second-order valence-corrected chi connectivity index (χ2v) is 4.19. The Balaban J connectivity index is 2.90. The fraction of sp³-hybridized carbons (Fsp3) is 0.500. The van der Waals surface area contributed by atoms with Gasteiger partial charge in [0, 0.05) is 25.0 Å².